The number of rotatable bonds is 7. The van der Waals surface area contributed by atoms with Gasteiger partial charge in [0.1, 0.15) is 24.4 Å². The van der Waals surface area contributed by atoms with Crippen LogP contribution < -0.4 is 15.4 Å². The highest BCUT2D eigenvalue weighted by Gasteiger charge is 2.05. The molecule has 6 nitrogen and oxygen atoms in total. The number of aromatic nitrogens is 1. The molecule has 1 aromatic heterocycles. The first kappa shape index (κ1) is 16.7. The maximum absolute atomic E-state index is 13.4. The fourth-order valence-corrected chi connectivity index (χ4v) is 1.74. The molecule has 0 radical (unpaired) electrons. The van der Waals surface area contributed by atoms with Crippen LogP contribution in [-0.2, 0) is 6.54 Å². The summed E-state index contributed by atoms with van der Waals surface area (Å²) in [5.74, 6) is -0.768. The Morgan fingerprint density at radius 2 is 2.17 bits per heavy atom. The number of aliphatic imine (C=N–C) groups is 1. The predicted octanol–water partition coefficient (Wildman–Crippen LogP) is 2.09. The van der Waals surface area contributed by atoms with Gasteiger partial charge in [0.05, 0.1) is 13.1 Å². The molecule has 0 amide bonds. The fraction of sp³-hybridized carbons (Fsp3) is 0.333. The van der Waals surface area contributed by atoms with E-state index in [0.717, 1.165) is 12.1 Å². The van der Waals surface area contributed by atoms with E-state index in [1.54, 1.807) is 6.07 Å². The van der Waals surface area contributed by atoms with E-state index >= 15 is 0 Å². The van der Waals surface area contributed by atoms with E-state index in [-0.39, 0.29) is 12.4 Å². The standard InChI is InChI=1S/C15H18F2N4O2/c1-2-18-15(20-10-12-5-7-23-21-12)19-6-8-22-14-4-3-11(16)9-13(14)17/h3-5,7,9H,2,6,8,10H2,1H3,(H2,18,19,20). The molecule has 1 heterocycles. The first-order valence-electron chi connectivity index (χ1n) is 7.18. The van der Waals surface area contributed by atoms with Gasteiger partial charge in [-0.1, -0.05) is 5.16 Å². The average Bonchev–Trinajstić information content (AvgIpc) is 3.04. The van der Waals surface area contributed by atoms with Gasteiger partial charge in [-0.3, -0.25) is 0 Å². The molecule has 0 aliphatic rings. The summed E-state index contributed by atoms with van der Waals surface area (Å²) in [6, 6.07) is 4.92. The monoisotopic (exact) mass is 324 g/mol. The quantitative estimate of drug-likeness (QED) is 0.463. The van der Waals surface area contributed by atoms with Crippen LogP contribution in [0.2, 0.25) is 0 Å². The Balaban J connectivity index is 1.78. The van der Waals surface area contributed by atoms with Crippen LogP contribution in [0.3, 0.4) is 0 Å². The van der Waals surface area contributed by atoms with Crippen molar-refractivity contribution in [2.24, 2.45) is 4.99 Å². The number of nitrogens with one attached hydrogen (secondary N) is 2. The van der Waals surface area contributed by atoms with E-state index in [1.165, 1.54) is 12.3 Å². The number of benzene rings is 1. The second-order valence-electron chi connectivity index (χ2n) is 4.54. The summed E-state index contributed by atoms with van der Waals surface area (Å²) in [4.78, 5) is 4.32. The van der Waals surface area contributed by atoms with Crippen LogP contribution in [0, 0.1) is 11.6 Å². The molecule has 2 aromatic rings. The van der Waals surface area contributed by atoms with Gasteiger partial charge >= 0.3 is 0 Å². The number of ether oxygens (including phenoxy) is 1. The maximum atomic E-state index is 13.4. The Hall–Kier alpha value is -2.64. The molecule has 0 fully saturated rings. The zero-order valence-electron chi connectivity index (χ0n) is 12.7. The van der Waals surface area contributed by atoms with E-state index < -0.39 is 11.6 Å². The summed E-state index contributed by atoms with van der Waals surface area (Å²) in [7, 11) is 0. The molecule has 0 saturated heterocycles. The Bertz CT molecular complexity index is 632. The molecule has 0 unspecified atom stereocenters. The molecule has 0 atom stereocenters. The van der Waals surface area contributed by atoms with Gasteiger partial charge < -0.3 is 19.9 Å². The van der Waals surface area contributed by atoms with E-state index in [0.29, 0.717) is 31.3 Å². The molecule has 1 aromatic carbocycles. The first-order valence-corrected chi connectivity index (χ1v) is 7.18. The van der Waals surface area contributed by atoms with Crippen LogP contribution in [0.1, 0.15) is 12.6 Å². The van der Waals surface area contributed by atoms with Crippen molar-refractivity contribution in [1.29, 1.82) is 0 Å². The van der Waals surface area contributed by atoms with Crippen molar-refractivity contribution in [3.8, 4) is 5.75 Å². The van der Waals surface area contributed by atoms with Crippen molar-refractivity contribution in [2.45, 2.75) is 13.5 Å². The number of guanidine groups is 1. The molecule has 124 valence electrons. The largest absolute Gasteiger partial charge is 0.489 e. The van der Waals surface area contributed by atoms with Gasteiger partial charge in [-0.15, -0.1) is 0 Å². The molecule has 0 spiro atoms. The van der Waals surface area contributed by atoms with Crippen molar-refractivity contribution >= 4 is 5.96 Å². The Morgan fingerprint density at radius 1 is 1.30 bits per heavy atom. The normalized spacial score (nSPS) is 11.3. The lowest BCUT2D eigenvalue weighted by Crippen LogP contribution is -2.39. The smallest absolute Gasteiger partial charge is 0.191 e. The minimum absolute atomic E-state index is 0.0118. The SMILES string of the molecule is CCNC(=NCc1ccon1)NCCOc1ccc(F)cc1F. The van der Waals surface area contributed by atoms with Crippen molar-refractivity contribution in [2.75, 3.05) is 19.7 Å². The van der Waals surface area contributed by atoms with Gasteiger partial charge in [0.15, 0.2) is 17.5 Å². The zero-order valence-corrected chi connectivity index (χ0v) is 12.7. The number of hydrogen-bond acceptors (Lipinski definition) is 4. The van der Waals surface area contributed by atoms with Gasteiger partial charge in [-0.25, -0.2) is 13.8 Å². The zero-order chi connectivity index (χ0) is 16.5. The third-order valence-electron chi connectivity index (χ3n) is 2.78. The molecule has 8 heteroatoms. The molecule has 0 saturated carbocycles. The van der Waals surface area contributed by atoms with Crippen molar-refractivity contribution in [3.63, 3.8) is 0 Å². The van der Waals surface area contributed by atoms with Crippen molar-refractivity contribution < 1.29 is 18.0 Å². The summed E-state index contributed by atoms with van der Waals surface area (Å²) in [5.41, 5.74) is 0.715. The van der Waals surface area contributed by atoms with Gasteiger partial charge in [0, 0.05) is 18.7 Å². The first-order chi connectivity index (χ1) is 11.2. The van der Waals surface area contributed by atoms with Crippen molar-refractivity contribution in [3.05, 3.63) is 47.9 Å². The Kier molecular flexibility index (Phi) is 6.34. The number of nitrogens with zero attached hydrogens (tertiary/aromatic N) is 2. The lowest BCUT2D eigenvalue weighted by atomic mass is 10.3. The van der Waals surface area contributed by atoms with Gasteiger partial charge in [0.2, 0.25) is 0 Å². The van der Waals surface area contributed by atoms with Crippen LogP contribution >= 0.6 is 0 Å². The highest BCUT2D eigenvalue weighted by atomic mass is 19.1. The van der Waals surface area contributed by atoms with Crippen LogP contribution in [-0.4, -0.2) is 30.8 Å². The van der Waals surface area contributed by atoms with E-state index in [9.17, 15) is 8.78 Å². The van der Waals surface area contributed by atoms with Crippen molar-refractivity contribution in [1.82, 2.24) is 15.8 Å². The Morgan fingerprint density at radius 3 is 2.87 bits per heavy atom. The second kappa shape index (κ2) is 8.72. The Labute approximate surface area is 132 Å². The minimum Gasteiger partial charge on any atom is -0.489 e. The number of hydrogen-bond donors (Lipinski definition) is 2. The molecule has 23 heavy (non-hydrogen) atoms. The summed E-state index contributed by atoms with van der Waals surface area (Å²) in [6.07, 6.45) is 1.48. The van der Waals surface area contributed by atoms with E-state index in [4.69, 9.17) is 9.26 Å². The van der Waals surface area contributed by atoms with Crippen LogP contribution in [0.5, 0.6) is 5.75 Å². The molecule has 0 aliphatic heterocycles. The minimum atomic E-state index is -0.725. The highest BCUT2D eigenvalue weighted by Crippen LogP contribution is 2.17. The maximum Gasteiger partial charge on any atom is 0.191 e. The van der Waals surface area contributed by atoms with Crippen LogP contribution in [0.15, 0.2) is 40.0 Å². The highest BCUT2D eigenvalue weighted by molar-refractivity contribution is 5.79. The van der Waals surface area contributed by atoms with Crippen LogP contribution in [0.4, 0.5) is 8.78 Å². The molecule has 0 aliphatic carbocycles. The van der Waals surface area contributed by atoms with Crippen LogP contribution in [0.25, 0.3) is 0 Å². The van der Waals surface area contributed by atoms with Gasteiger partial charge in [-0.2, -0.15) is 0 Å². The average molecular weight is 324 g/mol. The topological polar surface area (TPSA) is 71.7 Å². The lowest BCUT2D eigenvalue weighted by Gasteiger charge is -2.12. The summed E-state index contributed by atoms with van der Waals surface area (Å²) in [5, 5.41) is 9.87. The van der Waals surface area contributed by atoms with Gasteiger partial charge in [0.25, 0.3) is 0 Å². The fourth-order valence-electron chi connectivity index (χ4n) is 1.74. The van der Waals surface area contributed by atoms with E-state index in [1.807, 2.05) is 6.92 Å². The molecular formula is C15H18F2N4O2. The molecule has 0 bridgehead atoms. The number of halogens is 2. The van der Waals surface area contributed by atoms with Gasteiger partial charge in [-0.05, 0) is 19.1 Å². The molecule has 2 rings (SSSR count). The lowest BCUT2D eigenvalue weighted by molar-refractivity contribution is 0.304. The molecule has 2 N–H and O–H groups in total. The summed E-state index contributed by atoms with van der Waals surface area (Å²) < 4.78 is 36.2. The summed E-state index contributed by atoms with van der Waals surface area (Å²) in [6.45, 7) is 3.62. The third-order valence-corrected chi connectivity index (χ3v) is 2.78. The molecular weight excluding hydrogens is 306 g/mol. The predicted molar refractivity (Wildman–Crippen MR) is 81.2 cm³/mol. The second-order valence-corrected chi connectivity index (χ2v) is 4.54. The summed E-state index contributed by atoms with van der Waals surface area (Å²) >= 11 is 0. The van der Waals surface area contributed by atoms with E-state index in [2.05, 4.69) is 20.8 Å². The third kappa shape index (κ3) is 5.57.